The monoisotopic (exact) mass is 188 g/mol. The Morgan fingerprint density at radius 1 is 1.29 bits per heavy atom. The zero-order chi connectivity index (χ0) is 10.3. The molecule has 2 aliphatic rings. The van der Waals surface area contributed by atoms with E-state index in [9.17, 15) is 0 Å². The molecule has 14 heavy (non-hydrogen) atoms. The molecule has 0 fully saturated rings. The van der Waals surface area contributed by atoms with E-state index in [2.05, 4.69) is 25.8 Å². The van der Waals surface area contributed by atoms with Crippen molar-refractivity contribution in [2.75, 3.05) is 0 Å². The van der Waals surface area contributed by atoms with Gasteiger partial charge in [0.1, 0.15) is 0 Å². The fraction of sp³-hybridized carbons (Fsp3) is 0.417. The summed E-state index contributed by atoms with van der Waals surface area (Å²) >= 11 is 0. The van der Waals surface area contributed by atoms with E-state index in [-0.39, 0.29) is 5.41 Å². The highest BCUT2D eigenvalue weighted by molar-refractivity contribution is 5.88. The Morgan fingerprint density at radius 3 is 2.64 bits per heavy atom. The van der Waals surface area contributed by atoms with Crippen LogP contribution in [0.2, 0.25) is 0 Å². The molecule has 0 unspecified atom stereocenters. The van der Waals surface area contributed by atoms with Gasteiger partial charge >= 0.3 is 0 Å². The maximum absolute atomic E-state index is 5.82. The average Bonchev–Trinajstić information content (AvgIpc) is 2.45. The summed E-state index contributed by atoms with van der Waals surface area (Å²) in [6, 6.07) is 0. The average molecular weight is 188 g/mol. The van der Waals surface area contributed by atoms with Gasteiger partial charge in [-0.3, -0.25) is 4.99 Å². The van der Waals surface area contributed by atoms with Gasteiger partial charge in [0.05, 0.1) is 5.70 Å². The van der Waals surface area contributed by atoms with Gasteiger partial charge in [0.15, 0.2) is 0 Å². The number of hydrogen-bond donors (Lipinski definition) is 1. The van der Waals surface area contributed by atoms with Crippen LogP contribution >= 0.6 is 0 Å². The first-order valence-corrected chi connectivity index (χ1v) is 4.93. The molecule has 0 aromatic rings. The zero-order valence-electron chi connectivity index (χ0n) is 8.96. The van der Waals surface area contributed by atoms with Crippen molar-refractivity contribution >= 4 is 6.21 Å². The molecule has 0 saturated heterocycles. The highest BCUT2D eigenvalue weighted by atomic mass is 14.8. The second-order valence-electron chi connectivity index (χ2n) is 4.87. The smallest absolute Gasteiger partial charge is 0.0669 e. The van der Waals surface area contributed by atoms with Crippen LogP contribution in [0.15, 0.2) is 39.7 Å². The van der Waals surface area contributed by atoms with Gasteiger partial charge < -0.3 is 5.73 Å². The lowest BCUT2D eigenvalue weighted by Gasteiger charge is -2.21. The lowest BCUT2D eigenvalue weighted by Crippen LogP contribution is -2.13. The third-order valence-electron chi connectivity index (χ3n) is 2.61. The van der Waals surface area contributed by atoms with Crippen molar-refractivity contribution < 1.29 is 0 Å². The van der Waals surface area contributed by atoms with Crippen molar-refractivity contribution in [3.63, 3.8) is 0 Å². The normalized spacial score (nSPS) is 20.8. The predicted octanol–water partition coefficient (Wildman–Crippen LogP) is 2.54. The van der Waals surface area contributed by atoms with Gasteiger partial charge in [-0.15, -0.1) is 0 Å². The summed E-state index contributed by atoms with van der Waals surface area (Å²) in [5.74, 6) is 0. The Bertz CT molecular complexity index is 387. The molecule has 0 aromatic carbocycles. The Morgan fingerprint density at radius 2 is 2.00 bits per heavy atom. The molecule has 0 saturated carbocycles. The van der Waals surface area contributed by atoms with Gasteiger partial charge in [-0.05, 0) is 28.7 Å². The Balaban J connectivity index is 2.47. The summed E-state index contributed by atoms with van der Waals surface area (Å²) in [6.45, 7) is 6.62. The fourth-order valence-corrected chi connectivity index (χ4v) is 1.85. The van der Waals surface area contributed by atoms with Crippen LogP contribution in [0.3, 0.4) is 0 Å². The second kappa shape index (κ2) is 2.84. The number of rotatable bonds is 0. The molecule has 1 aliphatic carbocycles. The van der Waals surface area contributed by atoms with E-state index in [1.54, 1.807) is 0 Å². The standard InChI is InChI=1S/C12H16N2/c1-12(2,3)10-7-14-11-5-4-8(13)6-9(10)11/h4-5,7H,6,13H2,1-3H3. The number of hydrogen-bond acceptors (Lipinski definition) is 2. The molecule has 0 atom stereocenters. The van der Waals surface area contributed by atoms with Gasteiger partial charge in [-0.1, -0.05) is 20.8 Å². The summed E-state index contributed by atoms with van der Waals surface area (Å²) in [4.78, 5) is 4.40. The number of allylic oxidation sites excluding steroid dienone is 5. The van der Waals surface area contributed by atoms with Crippen LogP contribution < -0.4 is 5.73 Å². The van der Waals surface area contributed by atoms with Crippen LogP contribution in [0.25, 0.3) is 0 Å². The van der Waals surface area contributed by atoms with Crippen molar-refractivity contribution in [2.45, 2.75) is 27.2 Å². The van der Waals surface area contributed by atoms with Gasteiger partial charge in [0, 0.05) is 18.3 Å². The number of nitrogens with zero attached hydrogens (tertiary/aromatic N) is 1. The van der Waals surface area contributed by atoms with Gasteiger partial charge in [0.25, 0.3) is 0 Å². The first-order chi connectivity index (χ1) is 6.48. The van der Waals surface area contributed by atoms with Crippen LogP contribution in [0, 0.1) is 5.41 Å². The lowest BCUT2D eigenvalue weighted by atomic mass is 9.82. The summed E-state index contributed by atoms with van der Waals surface area (Å²) in [6.07, 6.45) is 6.78. The van der Waals surface area contributed by atoms with Crippen LogP contribution in [0.4, 0.5) is 0 Å². The van der Waals surface area contributed by atoms with Gasteiger partial charge in [0.2, 0.25) is 0 Å². The first kappa shape index (κ1) is 9.25. The molecule has 2 nitrogen and oxygen atoms in total. The molecule has 0 spiro atoms. The molecular formula is C12H16N2. The van der Waals surface area contributed by atoms with E-state index in [0.29, 0.717) is 0 Å². The summed E-state index contributed by atoms with van der Waals surface area (Å²) < 4.78 is 0. The van der Waals surface area contributed by atoms with Crippen molar-refractivity contribution in [1.82, 2.24) is 0 Å². The van der Waals surface area contributed by atoms with E-state index in [1.807, 2.05) is 18.4 Å². The molecule has 2 heteroatoms. The predicted molar refractivity (Wildman–Crippen MR) is 59.9 cm³/mol. The summed E-state index contributed by atoms with van der Waals surface area (Å²) in [5, 5.41) is 0. The van der Waals surface area contributed by atoms with Crippen molar-refractivity contribution in [3.05, 3.63) is 34.7 Å². The minimum Gasteiger partial charge on any atom is -0.402 e. The lowest BCUT2D eigenvalue weighted by molar-refractivity contribution is 0.523. The Hall–Kier alpha value is -1.31. The van der Waals surface area contributed by atoms with Crippen LogP contribution in [0.5, 0.6) is 0 Å². The van der Waals surface area contributed by atoms with Crippen LogP contribution in [-0.4, -0.2) is 6.21 Å². The van der Waals surface area contributed by atoms with Gasteiger partial charge in [-0.25, -0.2) is 0 Å². The maximum Gasteiger partial charge on any atom is 0.0669 e. The minimum absolute atomic E-state index is 0.159. The highest BCUT2D eigenvalue weighted by Crippen LogP contribution is 2.38. The molecular weight excluding hydrogens is 172 g/mol. The second-order valence-corrected chi connectivity index (χ2v) is 4.87. The van der Waals surface area contributed by atoms with E-state index in [1.165, 1.54) is 11.1 Å². The first-order valence-electron chi connectivity index (χ1n) is 4.93. The topological polar surface area (TPSA) is 38.4 Å². The molecule has 0 bridgehead atoms. The molecule has 2 N–H and O–H groups in total. The highest BCUT2D eigenvalue weighted by Gasteiger charge is 2.26. The van der Waals surface area contributed by atoms with Crippen LogP contribution in [0.1, 0.15) is 27.2 Å². The third-order valence-corrected chi connectivity index (χ3v) is 2.61. The molecule has 1 heterocycles. The number of nitrogens with two attached hydrogens (primary N) is 1. The van der Waals surface area contributed by atoms with E-state index in [0.717, 1.165) is 17.8 Å². The number of fused-ring (bicyclic) bond motifs is 1. The summed E-state index contributed by atoms with van der Waals surface area (Å²) in [7, 11) is 0. The van der Waals surface area contributed by atoms with Crippen molar-refractivity contribution in [3.8, 4) is 0 Å². The van der Waals surface area contributed by atoms with Crippen molar-refractivity contribution in [1.29, 1.82) is 0 Å². The Labute approximate surface area is 84.9 Å². The fourth-order valence-electron chi connectivity index (χ4n) is 1.85. The minimum atomic E-state index is 0.159. The molecule has 74 valence electrons. The van der Waals surface area contributed by atoms with Crippen molar-refractivity contribution in [2.24, 2.45) is 16.1 Å². The van der Waals surface area contributed by atoms with Crippen LogP contribution in [-0.2, 0) is 0 Å². The molecule has 0 radical (unpaired) electrons. The van der Waals surface area contributed by atoms with E-state index < -0.39 is 0 Å². The molecule has 0 aromatic heterocycles. The Kier molecular flexibility index (Phi) is 1.88. The molecule has 2 rings (SSSR count). The zero-order valence-corrected chi connectivity index (χ0v) is 8.96. The largest absolute Gasteiger partial charge is 0.402 e. The summed E-state index contributed by atoms with van der Waals surface area (Å²) in [5.41, 5.74) is 10.6. The van der Waals surface area contributed by atoms with Gasteiger partial charge in [-0.2, -0.15) is 0 Å². The quantitative estimate of drug-likeness (QED) is 0.623. The van der Waals surface area contributed by atoms with E-state index in [4.69, 9.17) is 5.73 Å². The third kappa shape index (κ3) is 1.41. The maximum atomic E-state index is 5.82. The number of aliphatic imine (C=N–C) groups is 1. The SMILES string of the molecule is CC(C)(C)C1=C2CC(N)=CC=C2N=C1. The molecule has 0 amide bonds. The van der Waals surface area contributed by atoms with E-state index >= 15 is 0 Å². The molecule has 1 aliphatic heterocycles.